The first-order valence-corrected chi connectivity index (χ1v) is 6.31. The van der Waals surface area contributed by atoms with Gasteiger partial charge in [0.2, 0.25) is 0 Å². The number of hydrogen-bond acceptors (Lipinski definition) is 2. The van der Waals surface area contributed by atoms with Crippen LogP contribution in [0.25, 0.3) is 10.8 Å². The topological polar surface area (TPSA) is 38.3 Å². The van der Waals surface area contributed by atoms with Crippen molar-refractivity contribution in [2.45, 2.75) is 6.42 Å². The first-order chi connectivity index (χ1) is 8.79. The van der Waals surface area contributed by atoms with Crippen LogP contribution in [0.15, 0.2) is 42.5 Å². The van der Waals surface area contributed by atoms with Gasteiger partial charge in [-0.1, -0.05) is 30.3 Å². The predicted octanol–water partition coefficient (Wildman–Crippen LogP) is 4.02. The van der Waals surface area contributed by atoms with Crippen LogP contribution in [-0.2, 0) is 4.74 Å². The maximum absolute atomic E-state index is 11.4. The molecule has 0 bridgehead atoms. The van der Waals surface area contributed by atoms with Gasteiger partial charge in [-0.3, -0.25) is 5.32 Å². The molecule has 0 unspecified atom stereocenters. The monoisotopic (exact) mass is 263 g/mol. The predicted molar refractivity (Wildman–Crippen MR) is 74.3 cm³/mol. The Morgan fingerprint density at radius 3 is 2.72 bits per heavy atom. The highest BCUT2D eigenvalue weighted by atomic mass is 35.5. The van der Waals surface area contributed by atoms with E-state index in [-0.39, 0.29) is 0 Å². The van der Waals surface area contributed by atoms with Gasteiger partial charge in [-0.2, -0.15) is 0 Å². The Morgan fingerprint density at radius 1 is 1.17 bits per heavy atom. The molecule has 4 heteroatoms. The lowest BCUT2D eigenvalue weighted by atomic mass is 10.1. The van der Waals surface area contributed by atoms with E-state index in [4.69, 9.17) is 16.3 Å². The Morgan fingerprint density at radius 2 is 1.94 bits per heavy atom. The fraction of sp³-hybridized carbons (Fsp3) is 0.214. The molecule has 0 fully saturated rings. The summed E-state index contributed by atoms with van der Waals surface area (Å²) in [5.41, 5.74) is 0.726. The molecule has 0 aliphatic heterocycles. The van der Waals surface area contributed by atoms with Crippen molar-refractivity contribution in [1.29, 1.82) is 0 Å². The van der Waals surface area contributed by atoms with Gasteiger partial charge >= 0.3 is 6.09 Å². The second-order valence-electron chi connectivity index (χ2n) is 3.87. The van der Waals surface area contributed by atoms with Crippen LogP contribution in [0.4, 0.5) is 10.5 Å². The van der Waals surface area contributed by atoms with E-state index in [1.165, 1.54) is 0 Å². The summed E-state index contributed by atoms with van der Waals surface area (Å²) in [5, 5.41) is 4.91. The Bertz CT molecular complexity index is 542. The zero-order chi connectivity index (χ0) is 12.8. The van der Waals surface area contributed by atoms with E-state index < -0.39 is 6.09 Å². The first kappa shape index (κ1) is 12.7. The van der Waals surface area contributed by atoms with E-state index in [0.717, 1.165) is 16.5 Å². The molecule has 2 rings (SSSR count). The van der Waals surface area contributed by atoms with Gasteiger partial charge in [0, 0.05) is 11.6 Å². The molecule has 0 aromatic heterocycles. The van der Waals surface area contributed by atoms with Crippen molar-refractivity contribution >= 4 is 34.2 Å². The van der Waals surface area contributed by atoms with Crippen LogP contribution in [0.1, 0.15) is 6.42 Å². The van der Waals surface area contributed by atoms with Crippen LogP contribution in [0.5, 0.6) is 0 Å². The summed E-state index contributed by atoms with van der Waals surface area (Å²) in [5.74, 6) is 0.489. The number of halogens is 1. The highest BCUT2D eigenvalue weighted by Crippen LogP contribution is 2.18. The fourth-order valence-electron chi connectivity index (χ4n) is 1.64. The normalized spacial score (nSPS) is 10.3. The Kier molecular flexibility index (Phi) is 4.42. The first-order valence-electron chi connectivity index (χ1n) is 5.78. The van der Waals surface area contributed by atoms with Crippen molar-refractivity contribution in [1.82, 2.24) is 0 Å². The second kappa shape index (κ2) is 6.26. The molecule has 0 aliphatic rings. The minimum atomic E-state index is -0.449. The van der Waals surface area contributed by atoms with Crippen molar-refractivity contribution < 1.29 is 9.53 Å². The maximum atomic E-state index is 11.4. The number of carbonyl (C=O) groups excluding carboxylic acids is 1. The largest absolute Gasteiger partial charge is 0.449 e. The van der Waals surface area contributed by atoms with Gasteiger partial charge < -0.3 is 4.74 Å². The third-order valence-corrected chi connectivity index (χ3v) is 2.77. The number of nitrogens with one attached hydrogen (secondary N) is 1. The highest BCUT2D eigenvalue weighted by molar-refractivity contribution is 6.17. The average Bonchev–Trinajstić information content (AvgIpc) is 2.39. The molecule has 2 aromatic rings. The molecule has 2 aromatic carbocycles. The molecule has 0 radical (unpaired) electrons. The molecule has 0 saturated carbocycles. The van der Waals surface area contributed by atoms with Gasteiger partial charge in [0.25, 0.3) is 0 Å². The summed E-state index contributed by atoms with van der Waals surface area (Å²) in [6, 6.07) is 13.7. The SMILES string of the molecule is O=C(Nc1ccc2ccccc2c1)OCCCCl. The van der Waals surface area contributed by atoms with Gasteiger partial charge in [-0.05, 0) is 29.3 Å². The summed E-state index contributed by atoms with van der Waals surface area (Å²) in [6.45, 7) is 0.336. The van der Waals surface area contributed by atoms with Crippen molar-refractivity contribution in [3.8, 4) is 0 Å². The van der Waals surface area contributed by atoms with Crippen LogP contribution in [0.3, 0.4) is 0 Å². The summed E-state index contributed by atoms with van der Waals surface area (Å²) < 4.78 is 4.96. The molecule has 3 nitrogen and oxygen atoms in total. The molecule has 94 valence electrons. The molecule has 0 heterocycles. The van der Waals surface area contributed by atoms with E-state index in [1.54, 1.807) is 0 Å². The van der Waals surface area contributed by atoms with Gasteiger partial charge in [-0.25, -0.2) is 4.79 Å². The quantitative estimate of drug-likeness (QED) is 0.668. The smallest absolute Gasteiger partial charge is 0.411 e. The number of rotatable bonds is 4. The molecule has 0 saturated heterocycles. The molecule has 1 N–H and O–H groups in total. The average molecular weight is 264 g/mol. The molecule has 0 aliphatic carbocycles. The number of carbonyl (C=O) groups is 1. The highest BCUT2D eigenvalue weighted by Gasteiger charge is 2.03. The zero-order valence-corrected chi connectivity index (χ0v) is 10.6. The Hall–Kier alpha value is -1.74. The summed E-state index contributed by atoms with van der Waals surface area (Å²) in [7, 11) is 0. The third kappa shape index (κ3) is 3.37. The molecule has 0 spiro atoms. The third-order valence-electron chi connectivity index (χ3n) is 2.51. The number of fused-ring (bicyclic) bond motifs is 1. The molecule has 1 amide bonds. The Labute approximate surface area is 111 Å². The van der Waals surface area contributed by atoms with E-state index >= 15 is 0 Å². The van der Waals surface area contributed by atoms with Crippen LogP contribution in [0.2, 0.25) is 0 Å². The lowest BCUT2D eigenvalue weighted by molar-refractivity contribution is 0.162. The number of alkyl halides is 1. The molecule has 0 atom stereocenters. The number of amides is 1. The van der Waals surface area contributed by atoms with Crippen molar-refractivity contribution in [2.24, 2.45) is 0 Å². The number of ether oxygens (including phenoxy) is 1. The minimum absolute atomic E-state index is 0.336. The molecular weight excluding hydrogens is 250 g/mol. The van der Waals surface area contributed by atoms with Crippen molar-refractivity contribution in [3.05, 3.63) is 42.5 Å². The lowest BCUT2D eigenvalue weighted by Gasteiger charge is -2.07. The van der Waals surface area contributed by atoms with Crippen LogP contribution in [0, 0.1) is 0 Å². The van der Waals surface area contributed by atoms with Gasteiger partial charge in [0.1, 0.15) is 0 Å². The van der Waals surface area contributed by atoms with E-state index in [1.807, 2.05) is 42.5 Å². The molecular formula is C14H14ClNO2. The van der Waals surface area contributed by atoms with E-state index in [9.17, 15) is 4.79 Å². The van der Waals surface area contributed by atoms with E-state index in [0.29, 0.717) is 18.9 Å². The van der Waals surface area contributed by atoms with Crippen molar-refractivity contribution in [3.63, 3.8) is 0 Å². The second-order valence-corrected chi connectivity index (χ2v) is 4.24. The van der Waals surface area contributed by atoms with Crippen LogP contribution in [-0.4, -0.2) is 18.6 Å². The van der Waals surface area contributed by atoms with Gasteiger partial charge in [0.05, 0.1) is 6.61 Å². The Balaban J connectivity index is 2.01. The van der Waals surface area contributed by atoms with Crippen LogP contribution >= 0.6 is 11.6 Å². The summed E-state index contributed by atoms with van der Waals surface area (Å²) in [4.78, 5) is 11.4. The number of anilines is 1. The van der Waals surface area contributed by atoms with E-state index in [2.05, 4.69) is 5.32 Å². The maximum Gasteiger partial charge on any atom is 0.411 e. The minimum Gasteiger partial charge on any atom is -0.449 e. The van der Waals surface area contributed by atoms with Gasteiger partial charge in [-0.15, -0.1) is 11.6 Å². The van der Waals surface area contributed by atoms with Crippen LogP contribution < -0.4 is 5.32 Å². The van der Waals surface area contributed by atoms with Crippen molar-refractivity contribution in [2.75, 3.05) is 17.8 Å². The standard InChI is InChI=1S/C14H14ClNO2/c15-8-3-9-18-14(17)16-13-7-6-11-4-1-2-5-12(11)10-13/h1-2,4-7,10H,3,8-9H2,(H,16,17). The van der Waals surface area contributed by atoms with Gasteiger partial charge in [0.15, 0.2) is 0 Å². The number of hydrogen-bond donors (Lipinski definition) is 1. The fourth-order valence-corrected chi connectivity index (χ4v) is 1.75. The summed E-state index contributed by atoms with van der Waals surface area (Å²) >= 11 is 5.50. The summed E-state index contributed by atoms with van der Waals surface area (Å²) in [6.07, 6.45) is 0.211. The zero-order valence-electron chi connectivity index (χ0n) is 9.86. The lowest BCUT2D eigenvalue weighted by Crippen LogP contribution is -2.14. The number of benzene rings is 2. The molecule has 18 heavy (non-hydrogen) atoms.